The molecule has 80 valence electrons. The Morgan fingerprint density at radius 2 is 2.06 bits per heavy atom. The molecule has 0 bridgehead atoms. The van der Waals surface area contributed by atoms with Gasteiger partial charge in [-0.3, -0.25) is 0 Å². The number of benzene rings is 1. The molecule has 2 rings (SSSR count). The SMILES string of the molecule is Nc1nnc(SCC#Cc2ccccc2)s1. The second-order valence-corrected chi connectivity index (χ2v) is 5.09. The summed E-state index contributed by atoms with van der Waals surface area (Å²) in [6, 6.07) is 9.90. The maximum absolute atomic E-state index is 5.47. The average Bonchev–Trinajstić information content (AvgIpc) is 2.72. The molecular formula is C11H9N3S2. The van der Waals surface area contributed by atoms with Crippen LogP contribution in [0.3, 0.4) is 0 Å². The fourth-order valence-electron chi connectivity index (χ4n) is 1.04. The van der Waals surface area contributed by atoms with E-state index in [1.165, 1.54) is 11.3 Å². The molecule has 0 aliphatic carbocycles. The van der Waals surface area contributed by atoms with Crippen molar-refractivity contribution >= 4 is 28.2 Å². The smallest absolute Gasteiger partial charge is 0.203 e. The van der Waals surface area contributed by atoms with Crippen LogP contribution >= 0.6 is 23.1 Å². The molecule has 0 spiro atoms. The molecule has 0 aliphatic rings. The molecule has 0 radical (unpaired) electrons. The van der Waals surface area contributed by atoms with Crippen LogP contribution in [0, 0.1) is 11.8 Å². The van der Waals surface area contributed by atoms with E-state index in [4.69, 9.17) is 5.73 Å². The topological polar surface area (TPSA) is 51.8 Å². The van der Waals surface area contributed by atoms with Gasteiger partial charge in [0, 0.05) is 5.56 Å². The standard InChI is InChI=1S/C11H9N3S2/c12-10-13-14-11(16-10)15-8-4-7-9-5-2-1-3-6-9/h1-3,5-6H,8H2,(H2,12,13). The zero-order chi connectivity index (χ0) is 11.2. The molecule has 0 saturated carbocycles. The second-order valence-electron chi connectivity index (χ2n) is 2.86. The van der Waals surface area contributed by atoms with Gasteiger partial charge in [0.05, 0.1) is 5.75 Å². The Hall–Kier alpha value is -1.51. The molecule has 3 nitrogen and oxygen atoms in total. The first kappa shape index (κ1) is 11.0. The number of nitrogen functional groups attached to an aromatic ring is 1. The second kappa shape index (κ2) is 5.54. The van der Waals surface area contributed by atoms with E-state index in [1.54, 1.807) is 11.8 Å². The van der Waals surface area contributed by atoms with Gasteiger partial charge in [-0.1, -0.05) is 53.1 Å². The molecule has 2 aromatic rings. The quantitative estimate of drug-likeness (QED) is 0.653. The van der Waals surface area contributed by atoms with E-state index in [1.807, 2.05) is 30.3 Å². The van der Waals surface area contributed by atoms with Crippen LogP contribution in [-0.4, -0.2) is 16.0 Å². The van der Waals surface area contributed by atoms with Gasteiger partial charge in [0.15, 0.2) is 4.34 Å². The highest BCUT2D eigenvalue weighted by molar-refractivity contribution is 8.01. The van der Waals surface area contributed by atoms with E-state index in [2.05, 4.69) is 22.0 Å². The van der Waals surface area contributed by atoms with E-state index in [0.29, 0.717) is 10.9 Å². The molecule has 16 heavy (non-hydrogen) atoms. The van der Waals surface area contributed by atoms with Crippen LogP contribution < -0.4 is 5.73 Å². The minimum absolute atomic E-state index is 0.499. The van der Waals surface area contributed by atoms with Gasteiger partial charge < -0.3 is 5.73 Å². The van der Waals surface area contributed by atoms with Gasteiger partial charge in [0.25, 0.3) is 0 Å². The number of hydrogen-bond donors (Lipinski definition) is 1. The van der Waals surface area contributed by atoms with Crippen molar-refractivity contribution in [3.8, 4) is 11.8 Å². The van der Waals surface area contributed by atoms with Gasteiger partial charge >= 0.3 is 0 Å². The minimum atomic E-state index is 0.499. The van der Waals surface area contributed by atoms with Gasteiger partial charge in [0.2, 0.25) is 5.13 Å². The van der Waals surface area contributed by atoms with Crippen molar-refractivity contribution in [3.05, 3.63) is 35.9 Å². The van der Waals surface area contributed by atoms with Crippen molar-refractivity contribution in [2.24, 2.45) is 0 Å². The molecule has 0 saturated heterocycles. The summed E-state index contributed by atoms with van der Waals surface area (Å²) >= 11 is 2.94. The zero-order valence-corrected chi connectivity index (χ0v) is 10.0. The number of thioether (sulfide) groups is 1. The van der Waals surface area contributed by atoms with Gasteiger partial charge in [-0.15, -0.1) is 10.2 Å². The fraction of sp³-hybridized carbons (Fsp3) is 0.0909. The van der Waals surface area contributed by atoms with E-state index in [0.717, 1.165) is 9.90 Å². The first-order valence-electron chi connectivity index (χ1n) is 4.60. The lowest BCUT2D eigenvalue weighted by Crippen LogP contribution is -1.79. The fourth-order valence-corrected chi connectivity index (χ4v) is 2.41. The predicted octanol–water partition coefficient (Wildman–Crippen LogP) is 2.26. The van der Waals surface area contributed by atoms with Crippen molar-refractivity contribution in [1.82, 2.24) is 10.2 Å². The lowest BCUT2D eigenvalue weighted by molar-refractivity contribution is 1.02. The summed E-state index contributed by atoms with van der Waals surface area (Å²) in [5, 5.41) is 8.13. The van der Waals surface area contributed by atoms with Gasteiger partial charge in [-0.05, 0) is 12.1 Å². The third-order valence-corrected chi connectivity index (χ3v) is 3.46. The highest BCUT2D eigenvalue weighted by atomic mass is 32.2. The highest BCUT2D eigenvalue weighted by Gasteiger charge is 1.98. The van der Waals surface area contributed by atoms with E-state index >= 15 is 0 Å². The summed E-state index contributed by atoms with van der Waals surface area (Å²) < 4.78 is 0.861. The third kappa shape index (κ3) is 3.26. The summed E-state index contributed by atoms with van der Waals surface area (Å²) in [5.41, 5.74) is 6.50. The Morgan fingerprint density at radius 1 is 1.25 bits per heavy atom. The highest BCUT2D eigenvalue weighted by Crippen LogP contribution is 2.22. The molecule has 0 amide bonds. The van der Waals surface area contributed by atoms with Crippen LogP contribution in [0.25, 0.3) is 0 Å². The summed E-state index contributed by atoms with van der Waals surface area (Å²) in [6.45, 7) is 0. The first-order valence-corrected chi connectivity index (χ1v) is 6.40. The van der Waals surface area contributed by atoms with Gasteiger partial charge in [-0.25, -0.2) is 0 Å². The molecule has 0 unspecified atom stereocenters. The molecular weight excluding hydrogens is 238 g/mol. The Kier molecular flexibility index (Phi) is 3.81. The van der Waals surface area contributed by atoms with Crippen LogP contribution in [0.1, 0.15) is 5.56 Å². The number of hydrogen-bond acceptors (Lipinski definition) is 5. The molecule has 2 N–H and O–H groups in total. The van der Waals surface area contributed by atoms with E-state index in [-0.39, 0.29) is 0 Å². The van der Waals surface area contributed by atoms with Gasteiger partial charge in [-0.2, -0.15) is 0 Å². The lowest BCUT2D eigenvalue weighted by atomic mass is 10.2. The lowest BCUT2D eigenvalue weighted by Gasteiger charge is -1.87. The summed E-state index contributed by atoms with van der Waals surface area (Å²) in [6.07, 6.45) is 0. The van der Waals surface area contributed by atoms with Crippen molar-refractivity contribution in [1.29, 1.82) is 0 Å². The number of rotatable bonds is 2. The monoisotopic (exact) mass is 247 g/mol. The van der Waals surface area contributed by atoms with Crippen LogP contribution in [0.5, 0.6) is 0 Å². The predicted molar refractivity (Wildman–Crippen MR) is 68.4 cm³/mol. The Bertz CT molecular complexity index is 511. The van der Waals surface area contributed by atoms with Crippen LogP contribution in [0.15, 0.2) is 34.7 Å². The van der Waals surface area contributed by atoms with Crippen LogP contribution in [0.2, 0.25) is 0 Å². The minimum Gasteiger partial charge on any atom is -0.374 e. The summed E-state index contributed by atoms with van der Waals surface area (Å²) in [5.74, 6) is 6.84. The van der Waals surface area contributed by atoms with Crippen molar-refractivity contribution in [2.45, 2.75) is 4.34 Å². The molecule has 0 atom stereocenters. The first-order chi connectivity index (χ1) is 7.84. The molecule has 1 heterocycles. The Balaban J connectivity index is 1.87. The van der Waals surface area contributed by atoms with E-state index < -0.39 is 0 Å². The zero-order valence-electron chi connectivity index (χ0n) is 8.38. The van der Waals surface area contributed by atoms with Crippen LogP contribution in [0.4, 0.5) is 5.13 Å². The number of aromatic nitrogens is 2. The van der Waals surface area contributed by atoms with Gasteiger partial charge in [0.1, 0.15) is 0 Å². The van der Waals surface area contributed by atoms with Crippen LogP contribution in [-0.2, 0) is 0 Å². The third-order valence-electron chi connectivity index (χ3n) is 1.70. The molecule has 0 aliphatic heterocycles. The van der Waals surface area contributed by atoms with Crippen molar-refractivity contribution in [3.63, 3.8) is 0 Å². The van der Waals surface area contributed by atoms with E-state index in [9.17, 15) is 0 Å². The maximum atomic E-state index is 5.47. The molecule has 5 heteroatoms. The number of nitrogens with two attached hydrogens (primary N) is 1. The molecule has 1 aromatic heterocycles. The largest absolute Gasteiger partial charge is 0.374 e. The van der Waals surface area contributed by atoms with Crippen molar-refractivity contribution < 1.29 is 0 Å². The number of anilines is 1. The number of nitrogens with zero attached hydrogens (tertiary/aromatic N) is 2. The maximum Gasteiger partial charge on any atom is 0.203 e. The average molecular weight is 247 g/mol. The summed E-state index contributed by atoms with van der Waals surface area (Å²) in [7, 11) is 0. The Labute approximate surface area is 102 Å². The van der Waals surface area contributed by atoms with Crippen molar-refractivity contribution in [2.75, 3.05) is 11.5 Å². The molecule has 1 aromatic carbocycles. The Morgan fingerprint density at radius 3 is 2.75 bits per heavy atom. The summed E-state index contributed by atoms with van der Waals surface area (Å²) in [4.78, 5) is 0. The molecule has 0 fully saturated rings. The normalized spacial score (nSPS) is 9.50.